The van der Waals surface area contributed by atoms with Gasteiger partial charge in [-0.05, 0) is 23.3 Å². The van der Waals surface area contributed by atoms with Gasteiger partial charge in [0.05, 0.1) is 7.11 Å². The summed E-state index contributed by atoms with van der Waals surface area (Å²) >= 11 is 0. The zero-order valence-electron chi connectivity index (χ0n) is 14.9. The summed E-state index contributed by atoms with van der Waals surface area (Å²) < 4.78 is 37.1. The van der Waals surface area contributed by atoms with E-state index in [2.05, 4.69) is 10.1 Å². The van der Waals surface area contributed by atoms with Gasteiger partial charge in [-0.2, -0.15) is 0 Å². The molecular weight excluding hydrogens is 376 g/mol. The number of esters is 1. The topological polar surface area (TPSA) is 105 Å². The molecule has 7 nitrogen and oxygen atoms in total. The molecule has 1 amide bonds. The average Bonchev–Trinajstić information content (AvgIpc) is 2.69. The number of rotatable bonds is 7. The Hall–Kier alpha value is -3.04. The summed E-state index contributed by atoms with van der Waals surface area (Å²) in [5, 5.41) is 22.2. The Labute approximate surface area is 159 Å². The lowest BCUT2D eigenvalue weighted by molar-refractivity contribution is 0.0180. The number of aliphatic hydroxyl groups excluding tert-OH is 2. The van der Waals surface area contributed by atoms with E-state index in [0.717, 1.165) is 12.7 Å². The van der Waals surface area contributed by atoms with E-state index < -0.39 is 48.0 Å². The van der Waals surface area contributed by atoms with E-state index in [9.17, 15) is 28.6 Å². The summed E-state index contributed by atoms with van der Waals surface area (Å²) in [6, 6.07) is 10.3. The van der Waals surface area contributed by atoms with Crippen molar-refractivity contribution >= 4 is 12.1 Å². The fourth-order valence-corrected chi connectivity index (χ4v) is 2.36. The number of carbonyl (C=O) groups is 2. The van der Waals surface area contributed by atoms with E-state index in [1.807, 2.05) is 6.07 Å². The molecule has 3 N–H and O–H groups in total. The third-order valence-electron chi connectivity index (χ3n) is 3.83. The zero-order chi connectivity index (χ0) is 20.7. The smallest absolute Gasteiger partial charge is 0.407 e. The first kappa shape index (κ1) is 21.3. The lowest BCUT2D eigenvalue weighted by Gasteiger charge is -2.19. The van der Waals surface area contributed by atoms with Crippen molar-refractivity contribution in [1.82, 2.24) is 5.32 Å². The van der Waals surface area contributed by atoms with Crippen molar-refractivity contribution in [1.29, 1.82) is 0 Å². The lowest BCUT2D eigenvalue weighted by atomic mass is 10.0. The molecule has 2 rings (SSSR count). The van der Waals surface area contributed by atoms with Crippen molar-refractivity contribution in [2.45, 2.75) is 18.8 Å². The predicted molar refractivity (Wildman–Crippen MR) is 93.3 cm³/mol. The molecule has 0 aliphatic carbocycles. The number of methoxy groups -OCH3 is 1. The van der Waals surface area contributed by atoms with E-state index >= 15 is 0 Å². The Bertz CT molecular complexity index is 807. The molecule has 0 radical (unpaired) electrons. The molecular formula is C19H19F2NO6. The molecule has 0 aliphatic rings. The van der Waals surface area contributed by atoms with Gasteiger partial charge < -0.3 is 25.0 Å². The van der Waals surface area contributed by atoms with E-state index in [4.69, 9.17) is 4.74 Å². The monoisotopic (exact) mass is 395 g/mol. The van der Waals surface area contributed by atoms with Crippen LogP contribution in [0.1, 0.15) is 27.6 Å². The second kappa shape index (κ2) is 9.77. The highest BCUT2D eigenvalue weighted by molar-refractivity contribution is 5.90. The Balaban J connectivity index is 1.92. The number of carbonyl (C=O) groups excluding carboxylic acids is 2. The second-order valence-corrected chi connectivity index (χ2v) is 5.81. The minimum absolute atomic E-state index is 0.0106. The van der Waals surface area contributed by atoms with Gasteiger partial charge in [-0.15, -0.1) is 0 Å². The summed E-state index contributed by atoms with van der Waals surface area (Å²) in [6.07, 6.45) is -4.13. The summed E-state index contributed by atoms with van der Waals surface area (Å²) in [5.41, 5.74) is -0.458. The van der Waals surface area contributed by atoms with Crippen LogP contribution in [0.3, 0.4) is 0 Å². The maximum atomic E-state index is 13.9. The minimum Gasteiger partial charge on any atom is -0.465 e. The van der Waals surface area contributed by atoms with Gasteiger partial charge in [0.15, 0.2) is 0 Å². The molecule has 0 heterocycles. The lowest BCUT2D eigenvalue weighted by Crippen LogP contribution is -2.35. The van der Waals surface area contributed by atoms with Crippen molar-refractivity contribution in [3.8, 4) is 0 Å². The van der Waals surface area contributed by atoms with Crippen molar-refractivity contribution in [2.24, 2.45) is 0 Å². The van der Waals surface area contributed by atoms with Gasteiger partial charge in [0.2, 0.25) is 0 Å². The van der Waals surface area contributed by atoms with Gasteiger partial charge in [-0.1, -0.05) is 30.3 Å². The van der Waals surface area contributed by atoms with Crippen molar-refractivity contribution in [3.63, 3.8) is 0 Å². The molecule has 150 valence electrons. The maximum Gasteiger partial charge on any atom is 0.407 e. The number of hydrogen-bond acceptors (Lipinski definition) is 6. The third kappa shape index (κ3) is 5.48. The molecule has 2 aromatic rings. The zero-order valence-corrected chi connectivity index (χ0v) is 14.9. The fourth-order valence-electron chi connectivity index (χ4n) is 2.36. The Morgan fingerprint density at radius 2 is 1.71 bits per heavy atom. The number of ether oxygens (including phenoxy) is 2. The summed E-state index contributed by atoms with van der Waals surface area (Å²) in [4.78, 5) is 23.0. The maximum absolute atomic E-state index is 13.9. The van der Waals surface area contributed by atoms with Crippen LogP contribution in [0.25, 0.3) is 0 Å². The van der Waals surface area contributed by atoms with Gasteiger partial charge in [0.25, 0.3) is 0 Å². The SMILES string of the molecule is COC(=O)c1c(F)cc(C(O)C(O)CNC(=O)OCc2ccccc2)cc1F. The van der Waals surface area contributed by atoms with Gasteiger partial charge >= 0.3 is 12.1 Å². The fraction of sp³-hybridized carbons (Fsp3) is 0.263. The van der Waals surface area contributed by atoms with E-state index in [-0.39, 0.29) is 12.2 Å². The first-order valence-electron chi connectivity index (χ1n) is 8.21. The normalized spacial score (nSPS) is 12.8. The number of amides is 1. The van der Waals surface area contributed by atoms with Crippen LogP contribution < -0.4 is 5.32 Å². The van der Waals surface area contributed by atoms with Crippen LogP contribution in [-0.2, 0) is 16.1 Å². The molecule has 9 heteroatoms. The standard InChI is InChI=1S/C19H19F2NO6/c1-27-18(25)16-13(20)7-12(8-14(16)21)17(24)15(23)9-22-19(26)28-10-11-5-3-2-4-6-11/h2-8,15,17,23-24H,9-10H2,1H3,(H,22,26). The molecule has 2 aromatic carbocycles. The van der Waals surface area contributed by atoms with Crippen LogP contribution in [-0.4, -0.2) is 42.0 Å². The summed E-state index contributed by atoms with van der Waals surface area (Å²) in [6.45, 7) is -0.423. The van der Waals surface area contributed by atoms with Gasteiger partial charge in [0, 0.05) is 6.54 Å². The predicted octanol–water partition coefficient (Wildman–Crippen LogP) is 2.07. The average molecular weight is 395 g/mol. The first-order chi connectivity index (χ1) is 13.3. The van der Waals surface area contributed by atoms with Crippen LogP contribution in [0.5, 0.6) is 0 Å². The van der Waals surface area contributed by atoms with Gasteiger partial charge in [-0.3, -0.25) is 0 Å². The molecule has 28 heavy (non-hydrogen) atoms. The minimum atomic E-state index is -1.72. The van der Waals surface area contributed by atoms with Gasteiger partial charge in [0.1, 0.15) is 36.0 Å². The molecule has 2 unspecified atom stereocenters. The number of alkyl carbamates (subject to hydrolysis) is 1. The summed E-state index contributed by atoms with van der Waals surface area (Å²) in [7, 11) is 0.969. The van der Waals surface area contributed by atoms with Crippen molar-refractivity contribution in [2.75, 3.05) is 13.7 Å². The summed E-state index contributed by atoms with van der Waals surface area (Å²) in [5.74, 6) is -3.70. The van der Waals surface area contributed by atoms with E-state index in [0.29, 0.717) is 12.1 Å². The molecule has 0 saturated carbocycles. The molecule has 0 bridgehead atoms. The second-order valence-electron chi connectivity index (χ2n) is 5.81. The largest absolute Gasteiger partial charge is 0.465 e. The molecule has 2 atom stereocenters. The van der Waals surface area contributed by atoms with Crippen molar-refractivity contribution < 1.29 is 38.1 Å². The highest BCUT2D eigenvalue weighted by atomic mass is 19.1. The Kier molecular flexibility index (Phi) is 7.42. The first-order valence-corrected chi connectivity index (χ1v) is 8.21. The van der Waals surface area contributed by atoms with Crippen LogP contribution in [0.15, 0.2) is 42.5 Å². The third-order valence-corrected chi connectivity index (χ3v) is 3.83. The van der Waals surface area contributed by atoms with Crippen LogP contribution in [0.2, 0.25) is 0 Å². The highest BCUT2D eigenvalue weighted by Gasteiger charge is 2.25. The Morgan fingerprint density at radius 3 is 2.29 bits per heavy atom. The number of hydrogen-bond donors (Lipinski definition) is 3. The van der Waals surface area contributed by atoms with Crippen LogP contribution >= 0.6 is 0 Å². The Morgan fingerprint density at radius 1 is 1.11 bits per heavy atom. The van der Waals surface area contributed by atoms with Crippen LogP contribution in [0.4, 0.5) is 13.6 Å². The molecule has 0 fully saturated rings. The number of benzene rings is 2. The molecule has 0 spiro atoms. The van der Waals surface area contributed by atoms with E-state index in [1.54, 1.807) is 24.3 Å². The molecule has 0 saturated heterocycles. The van der Waals surface area contributed by atoms with E-state index in [1.165, 1.54) is 0 Å². The number of halogens is 2. The number of aliphatic hydroxyl groups is 2. The van der Waals surface area contributed by atoms with Crippen LogP contribution in [0, 0.1) is 11.6 Å². The quantitative estimate of drug-likeness (QED) is 0.620. The molecule has 0 aromatic heterocycles. The molecule has 0 aliphatic heterocycles. The number of nitrogens with one attached hydrogen (secondary N) is 1. The van der Waals surface area contributed by atoms with Gasteiger partial charge in [-0.25, -0.2) is 18.4 Å². The highest BCUT2D eigenvalue weighted by Crippen LogP contribution is 2.23. The van der Waals surface area contributed by atoms with Crippen molar-refractivity contribution in [3.05, 3.63) is 70.8 Å².